The van der Waals surface area contributed by atoms with Gasteiger partial charge in [0.15, 0.2) is 0 Å². The highest BCUT2D eigenvalue weighted by Crippen LogP contribution is 2.25. The first-order chi connectivity index (χ1) is 15.0. The molecule has 2 aromatic rings. The van der Waals surface area contributed by atoms with Gasteiger partial charge in [0.2, 0.25) is 5.91 Å². The van der Waals surface area contributed by atoms with Crippen molar-refractivity contribution in [3.05, 3.63) is 60.2 Å². The lowest BCUT2D eigenvalue weighted by molar-refractivity contribution is -0.134. The number of hydrogen-bond donors (Lipinski definition) is 2. The first-order valence-corrected chi connectivity index (χ1v) is 11.3. The number of benzene rings is 2. The highest BCUT2D eigenvalue weighted by molar-refractivity contribution is 7.80. The minimum atomic E-state index is -0.531. The molecule has 0 saturated carbocycles. The summed E-state index contributed by atoms with van der Waals surface area (Å²) in [5, 5.41) is 0. The molecule has 31 heavy (non-hydrogen) atoms. The van der Waals surface area contributed by atoms with Crippen LogP contribution < -0.4 is 5.73 Å². The van der Waals surface area contributed by atoms with E-state index in [-0.39, 0.29) is 11.6 Å². The summed E-state index contributed by atoms with van der Waals surface area (Å²) < 4.78 is 26.6. The minimum Gasteiger partial charge on any atom is -0.341 e. The number of halogens is 2. The molecule has 0 aromatic heterocycles. The molecule has 2 heterocycles. The number of thiol groups is 1. The molecule has 7 heteroatoms. The van der Waals surface area contributed by atoms with Crippen LogP contribution >= 0.6 is 12.6 Å². The summed E-state index contributed by atoms with van der Waals surface area (Å²) in [5.41, 5.74) is 5.09. The first kappa shape index (κ1) is 29.0. The van der Waals surface area contributed by atoms with Gasteiger partial charge >= 0.3 is 0 Å². The topological polar surface area (TPSA) is 49.3 Å². The molecule has 2 aliphatic rings. The molecule has 4 nitrogen and oxygen atoms in total. The fourth-order valence-electron chi connectivity index (χ4n) is 2.62. The van der Waals surface area contributed by atoms with Crippen molar-refractivity contribution in [2.75, 3.05) is 39.5 Å². The van der Waals surface area contributed by atoms with Gasteiger partial charge in [-0.1, -0.05) is 57.2 Å². The number of nitrogens with two attached hydrogens (primary N) is 1. The molecular weight excluding hydrogens is 416 g/mol. The summed E-state index contributed by atoms with van der Waals surface area (Å²) in [5.74, 6) is 0.223. The van der Waals surface area contributed by atoms with Crippen molar-refractivity contribution in [2.24, 2.45) is 5.73 Å². The maximum absolute atomic E-state index is 13.3. The molecule has 0 bridgehead atoms. The van der Waals surface area contributed by atoms with Gasteiger partial charge in [-0.15, -0.1) is 0 Å². The number of amides is 1. The third-order valence-corrected chi connectivity index (χ3v) is 4.34. The van der Waals surface area contributed by atoms with E-state index in [2.05, 4.69) is 23.3 Å². The zero-order chi connectivity index (χ0) is 23.8. The molecule has 1 amide bonds. The maximum atomic E-state index is 13.3. The largest absolute Gasteiger partial charge is 0.341 e. The van der Waals surface area contributed by atoms with Gasteiger partial charge in [-0.2, -0.15) is 12.6 Å². The summed E-state index contributed by atoms with van der Waals surface area (Å²) in [4.78, 5) is 15.3. The Morgan fingerprint density at radius 1 is 1.03 bits per heavy atom. The molecule has 2 aromatic carbocycles. The van der Waals surface area contributed by atoms with Crippen molar-refractivity contribution in [1.82, 2.24) is 9.80 Å². The van der Waals surface area contributed by atoms with E-state index in [4.69, 9.17) is 0 Å². The summed E-state index contributed by atoms with van der Waals surface area (Å²) in [6.07, 6.45) is 1.20. The summed E-state index contributed by atoms with van der Waals surface area (Å²) >= 11 is 3.79. The van der Waals surface area contributed by atoms with Crippen LogP contribution in [0.5, 0.6) is 0 Å². The number of nitrogens with zero attached hydrogens (tertiary/aromatic N) is 2. The average molecular weight is 454 g/mol. The van der Waals surface area contributed by atoms with E-state index in [1.807, 2.05) is 38.8 Å². The second kappa shape index (κ2) is 16.7. The minimum absolute atomic E-state index is 0.0353. The van der Waals surface area contributed by atoms with Crippen molar-refractivity contribution in [1.29, 1.82) is 0 Å². The van der Waals surface area contributed by atoms with Gasteiger partial charge in [0, 0.05) is 19.6 Å². The Balaban J connectivity index is 0.000000464. The molecule has 1 unspecified atom stereocenters. The Morgan fingerprint density at radius 3 is 1.84 bits per heavy atom. The van der Waals surface area contributed by atoms with E-state index in [0.29, 0.717) is 11.5 Å². The summed E-state index contributed by atoms with van der Waals surface area (Å²) in [6, 6.07) is 12.8. The van der Waals surface area contributed by atoms with Crippen molar-refractivity contribution >= 4 is 18.5 Å². The van der Waals surface area contributed by atoms with Crippen LogP contribution in [0, 0.1) is 11.6 Å². The predicted molar refractivity (Wildman–Crippen MR) is 130 cm³/mol. The van der Waals surface area contributed by atoms with Crippen LogP contribution in [-0.2, 0) is 4.79 Å². The average Bonchev–Trinajstić information content (AvgIpc) is 3.48. The van der Waals surface area contributed by atoms with E-state index in [1.54, 1.807) is 24.3 Å². The van der Waals surface area contributed by atoms with Gasteiger partial charge in [0.25, 0.3) is 0 Å². The van der Waals surface area contributed by atoms with Crippen molar-refractivity contribution < 1.29 is 13.6 Å². The lowest BCUT2D eigenvalue weighted by Crippen LogP contribution is -2.44. The Bertz CT molecular complexity index is 716. The molecule has 2 aliphatic heterocycles. The molecule has 0 aliphatic carbocycles. The van der Waals surface area contributed by atoms with Crippen LogP contribution in [0.3, 0.4) is 0 Å². The highest BCUT2D eigenvalue weighted by atomic mass is 32.1. The third-order valence-electron chi connectivity index (χ3n) is 4.34. The van der Waals surface area contributed by atoms with Gasteiger partial charge in [0.1, 0.15) is 17.7 Å². The quantitative estimate of drug-likeness (QED) is 0.512. The SMILES string of the molecule is CC.CCS.CN.CN1C[C@H]1C(=O)N1CCC1.Fc1cccc(F)c1-c1ccccc1. The van der Waals surface area contributed by atoms with Gasteiger partial charge in [-0.05, 0) is 44.0 Å². The Labute approximate surface area is 191 Å². The van der Waals surface area contributed by atoms with E-state index >= 15 is 0 Å². The van der Waals surface area contributed by atoms with E-state index in [1.165, 1.54) is 31.7 Å². The molecule has 0 radical (unpaired) electrons. The number of likely N-dealkylation sites (N-methyl/N-ethyl adjacent to an activating group) is 1. The highest BCUT2D eigenvalue weighted by Gasteiger charge is 2.40. The molecule has 2 atom stereocenters. The summed E-state index contributed by atoms with van der Waals surface area (Å²) in [6.45, 7) is 8.94. The molecule has 2 saturated heterocycles. The number of carbonyl (C=O) groups is 1. The van der Waals surface area contributed by atoms with E-state index in [0.717, 1.165) is 25.4 Å². The van der Waals surface area contributed by atoms with Crippen molar-refractivity contribution in [3.63, 3.8) is 0 Å². The zero-order valence-corrected chi connectivity index (χ0v) is 20.2. The predicted octanol–water partition coefficient (Wildman–Crippen LogP) is 4.70. The molecule has 2 fully saturated rings. The number of rotatable bonds is 2. The second-order valence-electron chi connectivity index (χ2n) is 6.41. The molecular formula is C24H37F2N3OS. The zero-order valence-electron chi connectivity index (χ0n) is 19.3. The van der Waals surface area contributed by atoms with Gasteiger partial charge in [0.05, 0.1) is 5.56 Å². The molecule has 2 N–H and O–H groups in total. The summed E-state index contributed by atoms with van der Waals surface area (Å²) in [7, 11) is 3.49. The van der Waals surface area contributed by atoms with Gasteiger partial charge in [-0.3, -0.25) is 9.69 Å². The fraction of sp³-hybridized carbons (Fsp3) is 0.458. The molecule has 4 rings (SSSR count). The monoisotopic (exact) mass is 453 g/mol. The van der Waals surface area contributed by atoms with Gasteiger partial charge < -0.3 is 10.6 Å². The van der Waals surface area contributed by atoms with E-state index in [9.17, 15) is 13.6 Å². The number of hydrogen-bond acceptors (Lipinski definition) is 4. The van der Waals surface area contributed by atoms with Crippen molar-refractivity contribution in [3.8, 4) is 11.1 Å². The van der Waals surface area contributed by atoms with Crippen molar-refractivity contribution in [2.45, 2.75) is 33.2 Å². The normalized spacial score (nSPS) is 17.5. The third kappa shape index (κ3) is 9.80. The number of carbonyl (C=O) groups excluding carboxylic acids is 1. The first-order valence-electron chi connectivity index (χ1n) is 10.7. The van der Waals surface area contributed by atoms with Crippen LogP contribution in [0.4, 0.5) is 8.78 Å². The van der Waals surface area contributed by atoms with Crippen LogP contribution in [0.25, 0.3) is 11.1 Å². The number of likely N-dealkylation sites (tertiary alicyclic amines) is 1. The lowest BCUT2D eigenvalue weighted by Gasteiger charge is -2.30. The lowest BCUT2D eigenvalue weighted by atomic mass is 10.0. The van der Waals surface area contributed by atoms with Crippen LogP contribution in [0.15, 0.2) is 48.5 Å². The smallest absolute Gasteiger partial charge is 0.241 e. The van der Waals surface area contributed by atoms with Crippen LogP contribution in [-0.4, -0.2) is 61.2 Å². The Hall–Kier alpha value is -1.96. The van der Waals surface area contributed by atoms with Crippen LogP contribution in [0.1, 0.15) is 27.2 Å². The van der Waals surface area contributed by atoms with Crippen LogP contribution in [0.2, 0.25) is 0 Å². The van der Waals surface area contributed by atoms with E-state index < -0.39 is 11.6 Å². The fourth-order valence-corrected chi connectivity index (χ4v) is 2.62. The maximum Gasteiger partial charge on any atom is 0.241 e. The standard InChI is InChI=1S/C12H8F2.C7H12N2O.C2H6S.C2H6.CH5N/c13-10-7-4-8-11(14)12(10)9-5-2-1-3-6-9;1-8-5-6(8)7(10)9-3-2-4-9;1-2-3;2*1-2/h1-8H;6H,2-5H2,1H3;3H,2H2,1H3;1-2H3;2H2,1H3/t;6-,8?;;;/m.0.../s1. The van der Waals surface area contributed by atoms with Gasteiger partial charge in [-0.25, -0.2) is 8.78 Å². The molecule has 174 valence electrons. The Morgan fingerprint density at radius 2 is 1.48 bits per heavy atom. The second-order valence-corrected chi connectivity index (χ2v) is 7.05. The molecule has 0 spiro atoms. The Kier molecular flexibility index (Phi) is 15.6.